The maximum absolute atomic E-state index is 4.42. The van der Waals surface area contributed by atoms with Gasteiger partial charge in [0.1, 0.15) is 11.2 Å². The summed E-state index contributed by atoms with van der Waals surface area (Å²) in [6.45, 7) is 6.25. The van der Waals surface area contributed by atoms with Crippen LogP contribution in [-0.2, 0) is 20.1 Å². The normalized spacial score (nSPS) is 10.2. The fourth-order valence-corrected chi connectivity index (χ4v) is 4.17. The minimum atomic E-state index is 0. The molecule has 0 saturated heterocycles. The quantitative estimate of drug-likeness (QED) is 0.214. The van der Waals surface area contributed by atoms with Crippen LogP contribution in [0, 0.1) is 32.9 Å². The van der Waals surface area contributed by atoms with Crippen molar-refractivity contribution in [3.8, 4) is 22.5 Å². The van der Waals surface area contributed by atoms with E-state index in [1.54, 1.807) is 17.7 Å². The van der Waals surface area contributed by atoms with Crippen molar-refractivity contribution >= 4 is 21.6 Å². The summed E-state index contributed by atoms with van der Waals surface area (Å²) >= 11 is 1.72. The molecule has 3 aromatic heterocycles. The Morgan fingerprint density at radius 3 is 2.13 bits per heavy atom. The number of rotatable bonds is 2. The average Bonchev–Trinajstić information content (AvgIpc) is 3.09. The Kier molecular flexibility index (Phi) is 7.80. The van der Waals surface area contributed by atoms with Gasteiger partial charge in [0, 0.05) is 36.4 Å². The molecule has 2 aromatic carbocycles. The first-order chi connectivity index (χ1) is 14.6. The summed E-state index contributed by atoms with van der Waals surface area (Å²) in [6.07, 6.45) is 1.63. The summed E-state index contributed by atoms with van der Waals surface area (Å²) in [5.41, 5.74) is 6.36. The van der Waals surface area contributed by atoms with Gasteiger partial charge in [-0.3, -0.25) is 4.98 Å². The molecule has 0 aliphatic carbocycles. The van der Waals surface area contributed by atoms with E-state index in [-0.39, 0.29) is 20.1 Å². The Balaban J connectivity index is 0.000000176. The third-order valence-corrected chi connectivity index (χ3v) is 5.92. The molecule has 0 spiro atoms. The summed E-state index contributed by atoms with van der Waals surface area (Å²) in [4.78, 5) is 15.5. The van der Waals surface area contributed by atoms with Gasteiger partial charge < -0.3 is 4.98 Å². The predicted molar refractivity (Wildman–Crippen MR) is 124 cm³/mol. The van der Waals surface area contributed by atoms with Gasteiger partial charge in [-0.2, -0.15) is 0 Å². The van der Waals surface area contributed by atoms with Gasteiger partial charge in [-0.1, -0.05) is 12.1 Å². The molecule has 157 valence electrons. The van der Waals surface area contributed by atoms with Crippen LogP contribution in [0.1, 0.15) is 16.1 Å². The molecule has 31 heavy (non-hydrogen) atoms. The first kappa shape index (κ1) is 23.0. The number of thiophene rings is 1. The smallest absolute Gasteiger partial charge is 0.118 e. The van der Waals surface area contributed by atoms with Crippen LogP contribution < -0.4 is 0 Å². The van der Waals surface area contributed by atoms with E-state index in [2.05, 4.69) is 40.9 Å². The van der Waals surface area contributed by atoms with Gasteiger partial charge in [0.15, 0.2) is 0 Å². The van der Waals surface area contributed by atoms with Gasteiger partial charge in [0.05, 0.1) is 0 Å². The zero-order valence-corrected chi connectivity index (χ0v) is 20.7. The number of aryl methyl sites for hydroxylation is 3. The Morgan fingerprint density at radius 2 is 1.48 bits per heavy atom. The largest absolute Gasteiger partial charge is 0.302 e. The molecule has 0 amide bonds. The zero-order valence-electron chi connectivity index (χ0n) is 17.5. The van der Waals surface area contributed by atoms with Gasteiger partial charge in [0.2, 0.25) is 0 Å². The molecule has 0 aliphatic heterocycles. The summed E-state index contributed by atoms with van der Waals surface area (Å²) in [5.74, 6) is 0. The maximum atomic E-state index is 4.42. The average molecular weight is 600 g/mol. The molecule has 0 fully saturated rings. The van der Waals surface area contributed by atoms with E-state index in [1.165, 1.54) is 10.4 Å². The zero-order chi connectivity index (χ0) is 20.9. The third-order valence-electron chi connectivity index (χ3n) is 4.80. The van der Waals surface area contributed by atoms with E-state index in [0.29, 0.717) is 0 Å². The molecule has 0 aliphatic rings. The molecule has 5 rings (SSSR count). The molecule has 5 heteroatoms. The van der Waals surface area contributed by atoms with Crippen molar-refractivity contribution in [3.63, 3.8) is 0 Å². The minimum Gasteiger partial charge on any atom is -0.302 e. The Bertz CT molecular complexity index is 1270. The third kappa shape index (κ3) is 5.31. The Morgan fingerprint density at radius 1 is 0.774 bits per heavy atom. The van der Waals surface area contributed by atoms with Crippen molar-refractivity contribution in [2.45, 2.75) is 20.8 Å². The maximum Gasteiger partial charge on any atom is 0.118 e. The predicted octanol–water partition coefficient (Wildman–Crippen LogP) is 6.63. The molecule has 3 nitrogen and oxygen atoms in total. The van der Waals surface area contributed by atoms with Crippen molar-refractivity contribution < 1.29 is 20.1 Å². The summed E-state index contributed by atoms with van der Waals surface area (Å²) < 4.78 is 0. The SMILES string of the molecule is Cc1cccc(-c2[c-]cccc2)n1.Cc1sc2ncnc(-c3[c-]cccc3)c2c1C.[Ir]. The number of benzene rings is 2. The fraction of sp³-hybridized carbons (Fsp3) is 0.115. The molecule has 0 atom stereocenters. The van der Waals surface area contributed by atoms with Gasteiger partial charge in [-0.15, -0.1) is 83.1 Å². The van der Waals surface area contributed by atoms with Crippen LogP contribution in [0.2, 0.25) is 0 Å². The van der Waals surface area contributed by atoms with Crippen LogP contribution >= 0.6 is 11.3 Å². The van der Waals surface area contributed by atoms with Gasteiger partial charge in [-0.05, 0) is 43.5 Å². The fourth-order valence-electron chi connectivity index (χ4n) is 3.17. The monoisotopic (exact) mass is 600 g/mol. The van der Waals surface area contributed by atoms with Crippen molar-refractivity contribution in [2.75, 3.05) is 0 Å². The summed E-state index contributed by atoms with van der Waals surface area (Å²) in [5, 5.41) is 1.16. The molecule has 1 radical (unpaired) electrons. The molecule has 0 saturated carbocycles. The molecule has 0 bridgehead atoms. The topological polar surface area (TPSA) is 38.7 Å². The molecule has 5 aromatic rings. The number of aromatic nitrogens is 3. The standard InChI is InChI=1S/C14H11N2S.C12H10N.Ir/c1-9-10(2)17-14-12(9)13(15-8-16-14)11-6-4-3-5-7-11;1-10-6-5-9-12(13-10)11-7-3-2-4-8-11;/h3-6,8H,1-2H3;2-7,9H,1H3;/q2*-1;. The molecule has 0 N–H and O–H groups in total. The number of nitrogens with zero attached hydrogens (tertiary/aromatic N) is 3. The second kappa shape index (κ2) is 10.5. The number of fused-ring (bicyclic) bond motifs is 1. The van der Waals surface area contributed by atoms with Crippen LogP contribution in [-0.4, -0.2) is 15.0 Å². The number of pyridine rings is 1. The van der Waals surface area contributed by atoms with Crippen molar-refractivity contribution in [1.29, 1.82) is 0 Å². The summed E-state index contributed by atoms with van der Waals surface area (Å²) in [7, 11) is 0. The van der Waals surface area contributed by atoms with Gasteiger partial charge >= 0.3 is 0 Å². The minimum absolute atomic E-state index is 0. The van der Waals surface area contributed by atoms with Crippen molar-refractivity contribution in [1.82, 2.24) is 15.0 Å². The van der Waals surface area contributed by atoms with E-state index < -0.39 is 0 Å². The molecule has 0 unspecified atom stereocenters. The Labute approximate surface area is 200 Å². The van der Waals surface area contributed by atoms with E-state index >= 15 is 0 Å². The summed E-state index contributed by atoms with van der Waals surface area (Å²) in [6, 6.07) is 28.2. The first-order valence-electron chi connectivity index (χ1n) is 9.72. The van der Waals surface area contributed by atoms with Crippen LogP contribution in [0.4, 0.5) is 0 Å². The number of hydrogen-bond acceptors (Lipinski definition) is 4. The van der Waals surface area contributed by atoms with Gasteiger partial charge in [0.25, 0.3) is 0 Å². The van der Waals surface area contributed by atoms with E-state index in [0.717, 1.165) is 38.4 Å². The van der Waals surface area contributed by atoms with Crippen LogP contribution in [0.3, 0.4) is 0 Å². The molecular formula is C26H21IrN3S-2. The van der Waals surface area contributed by atoms with Crippen LogP contribution in [0.15, 0.2) is 73.1 Å². The number of hydrogen-bond donors (Lipinski definition) is 0. The van der Waals surface area contributed by atoms with Gasteiger partial charge in [-0.25, -0.2) is 4.98 Å². The van der Waals surface area contributed by atoms with Crippen LogP contribution in [0.25, 0.3) is 32.7 Å². The van der Waals surface area contributed by atoms with Crippen molar-refractivity contribution in [3.05, 3.63) is 101 Å². The molecule has 3 heterocycles. The second-order valence-corrected chi connectivity index (χ2v) is 8.11. The first-order valence-corrected chi connectivity index (χ1v) is 10.5. The van der Waals surface area contributed by atoms with E-state index in [4.69, 9.17) is 0 Å². The molecular weight excluding hydrogens is 579 g/mol. The van der Waals surface area contributed by atoms with E-state index in [9.17, 15) is 0 Å². The Hall–Kier alpha value is -2.72. The second-order valence-electron chi connectivity index (χ2n) is 6.90. The van der Waals surface area contributed by atoms with E-state index in [1.807, 2.05) is 73.7 Å². The van der Waals surface area contributed by atoms with Crippen molar-refractivity contribution in [2.24, 2.45) is 0 Å². The van der Waals surface area contributed by atoms with Crippen LogP contribution in [0.5, 0.6) is 0 Å².